The number of rotatable bonds is 5. The molecule has 5 nitrogen and oxygen atoms in total. The molecule has 0 spiro atoms. The summed E-state index contributed by atoms with van der Waals surface area (Å²) in [6.07, 6.45) is 0.650. The Kier molecular flexibility index (Phi) is 4.28. The summed E-state index contributed by atoms with van der Waals surface area (Å²) in [5.74, 6) is 0.706. The predicted octanol–water partition coefficient (Wildman–Crippen LogP) is 2.61. The van der Waals surface area contributed by atoms with Gasteiger partial charge < -0.3 is 15.0 Å². The van der Waals surface area contributed by atoms with Crippen molar-refractivity contribution in [1.29, 1.82) is 0 Å². The Morgan fingerprint density at radius 1 is 1.22 bits per heavy atom. The van der Waals surface area contributed by atoms with Crippen LogP contribution in [0.2, 0.25) is 0 Å². The lowest BCUT2D eigenvalue weighted by molar-refractivity contribution is -0.117. The summed E-state index contributed by atoms with van der Waals surface area (Å²) >= 11 is 0. The van der Waals surface area contributed by atoms with E-state index in [1.54, 1.807) is 11.9 Å². The van der Waals surface area contributed by atoms with Gasteiger partial charge in [0.05, 0.1) is 19.4 Å². The number of benzene rings is 2. The highest BCUT2D eigenvalue weighted by Crippen LogP contribution is 2.29. The maximum Gasteiger partial charge on any atom is 0.231 e. The van der Waals surface area contributed by atoms with Crippen LogP contribution in [0, 0.1) is 0 Å². The quantitative estimate of drug-likeness (QED) is 0.923. The van der Waals surface area contributed by atoms with Crippen LogP contribution >= 0.6 is 0 Å². The third-order valence-corrected chi connectivity index (χ3v) is 3.78. The van der Waals surface area contributed by atoms with E-state index in [0.717, 1.165) is 17.0 Å². The van der Waals surface area contributed by atoms with Gasteiger partial charge in [-0.05, 0) is 35.9 Å². The molecule has 23 heavy (non-hydrogen) atoms. The molecule has 2 aromatic carbocycles. The summed E-state index contributed by atoms with van der Waals surface area (Å²) in [6.45, 7) is 0.321. The highest BCUT2D eigenvalue weighted by Gasteiger charge is 2.23. The van der Waals surface area contributed by atoms with Crippen LogP contribution in [0.5, 0.6) is 5.75 Å². The first-order chi connectivity index (χ1) is 11.1. The molecule has 2 aromatic rings. The summed E-state index contributed by atoms with van der Waals surface area (Å²) in [7, 11) is 1.76. The molecule has 0 saturated carbocycles. The number of anilines is 2. The number of hydrogen-bond donors (Lipinski definition) is 1. The van der Waals surface area contributed by atoms with Gasteiger partial charge in [0.15, 0.2) is 0 Å². The molecular formula is C18H18N2O3. The number of fused-ring (bicyclic) bond motifs is 1. The molecule has 0 radical (unpaired) electrons. The Hall–Kier alpha value is -2.82. The van der Waals surface area contributed by atoms with Gasteiger partial charge in [0.25, 0.3) is 0 Å². The first-order valence-electron chi connectivity index (χ1n) is 7.50. The van der Waals surface area contributed by atoms with Crippen molar-refractivity contribution in [2.24, 2.45) is 0 Å². The maximum absolute atomic E-state index is 12.0. The smallest absolute Gasteiger partial charge is 0.231 e. The van der Waals surface area contributed by atoms with E-state index in [9.17, 15) is 9.59 Å². The van der Waals surface area contributed by atoms with E-state index in [2.05, 4.69) is 5.32 Å². The third kappa shape index (κ3) is 3.51. The van der Waals surface area contributed by atoms with E-state index < -0.39 is 0 Å². The Balaban J connectivity index is 1.53. The summed E-state index contributed by atoms with van der Waals surface area (Å²) < 4.78 is 5.50. The van der Waals surface area contributed by atoms with Crippen molar-refractivity contribution < 1.29 is 14.3 Å². The van der Waals surface area contributed by atoms with Gasteiger partial charge in [-0.15, -0.1) is 0 Å². The highest BCUT2D eigenvalue weighted by molar-refractivity contribution is 6.02. The fraction of sp³-hybridized carbons (Fsp3) is 0.222. The predicted molar refractivity (Wildman–Crippen MR) is 88.7 cm³/mol. The van der Waals surface area contributed by atoms with Crippen molar-refractivity contribution in [1.82, 2.24) is 0 Å². The van der Waals surface area contributed by atoms with Gasteiger partial charge in [-0.3, -0.25) is 9.59 Å². The summed E-state index contributed by atoms with van der Waals surface area (Å²) in [6, 6.07) is 14.9. The highest BCUT2D eigenvalue weighted by atomic mass is 16.5. The third-order valence-electron chi connectivity index (χ3n) is 3.78. The molecule has 0 aromatic heterocycles. The largest absolute Gasteiger partial charge is 0.493 e. The van der Waals surface area contributed by atoms with E-state index in [0.29, 0.717) is 18.7 Å². The lowest BCUT2D eigenvalue weighted by atomic mass is 10.1. The average Bonchev–Trinajstić information content (AvgIpc) is 2.82. The second kappa shape index (κ2) is 6.52. The molecule has 118 valence electrons. The number of ether oxygens (including phenoxy) is 1. The van der Waals surface area contributed by atoms with Crippen LogP contribution in [0.1, 0.15) is 12.0 Å². The van der Waals surface area contributed by atoms with Crippen molar-refractivity contribution >= 4 is 23.2 Å². The molecule has 2 amide bonds. The zero-order valence-corrected chi connectivity index (χ0v) is 12.9. The molecule has 1 aliphatic heterocycles. The molecule has 0 bridgehead atoms. The first kappa shape index (κ1) is 15.1. The Morgan fingerprint density at radius 2 is 2.00 bits per heavy atom. The number of amides is 2. The van der Waals surface area contributed by atoms with Crippen molar-refractivity contribution in [3.05, 3.63) is 54.1 Å². The SMILES string of the molecule is CN1C(=O)Cc2cc(NC(=O)CCOc3ccccc3)ccc21. The molecule has 1 aliphatic rings. The molecule has 5 heteroatoms. The second-order valence-corrected chi connectivity index (χ2v) is 5.43. The molecule has 0 atom stereocenters. The molecule has 0 fully saturated rings. The standard InChI is InChI=1S/C18H18N2O3/c1-20-16-8-7-14(11-13(16)12-18(20)22)19-17(21)9-10-23-15-5-3-2-4-6-15/h2-8,11H,9-10,12H2,1H3,(H,19,21). The molecule has 0 saturated heterocycles. The number of nitrogens with zero attached hydrogens (tertiary/aromatic N) is 1. The molecule has 0 unspecified atom stereocenters. The number of hydrogen-bond acceptors (Lipinski definition) is 3. The molecule has 1 heterocycles. The number of nitrogens with one attached hydrogen (secondary N) is 1. The molecule has 0 aliphatic carbocycles. The minimum atomic E-state index is -0.112. The van der Waals surface area contributed by atoms with E-state index in [-0.39, 0.29) is 18.2 Å². The maximum atomic E-state index is 12.0. The van der Waals surface area contributed by atoms with Crippen LogP contribution in [0.3, 0.4) is 0 Å². The summed E-state index contributed by atoms with van der Waals surface area (Å²) in [5.41, 5.74) is 2.55. The minimum Gasteiger partial charge on any atom is -0.493 e. The molecular weight excluding hydrogens is 292 g/mol. The minimum absolute atomic E-state index is 0.0692. The fourth-order valence-corrected chi connectivity index (χ4v) is 2.55. The van der Waals surface area contributed by atoms with E-state index in [1.807, 2.05) is 48.5 Å². The summed E-state index contributed by atoms with van der Waals surface area (Å²) in [4.78, 5) is 25.3. The van der Waals surface area contributed by atoms with Gasteiger partial charge in [0.1, 0.15) is 5.75 Å². The van der Waals surface area contributed by atoms with Gasteiger partial charge >= 0.3 is 0 Å². The van der Waals surface area contributed by atoms with Gasteiger partial charge in [0.2, 0.25) is 11.8 Å². The van der Waals surface area contributed by atoms with Crippen LogP contribution in [0.4, 0.5) is 11.4 Å². The van der Waals surface area contributed by atoms with Crippen LogP contribution in [-0.4, -0.2) is 25.5 Å². The normalized spacial score (nSPS) is 12.9. The van der Waals surface area contributed by atoms with E-state index >= 15 is 0 Å². The van der Waals surface area contributed by atoms with Gasteiger partial charge in [-0.25, -0.2) is 0 Å². The van der Waals surface area contributed by atoms with Crippen LogP contribution < -0.4 is 15.0 Å². The first-order valence-corrected chi connectivity index (χ1v) is 7.50. The van der Waals surface area contributed by atoms with Gasteiger partial charge in [-0.2, -0.15) is 0 Å². The lowest BCUT2D eigenvalue weighted by Crippen LogP contribution is -2.20. The van der Waals surface area contributed by atoms with Crippen molar-refractivity contribution in [3.63, 3.8) is 0 Å². The van der Waals surface area contributed by atoms with E-state index in [1.165, 1.54) is 0 Å². The number of likely N-dealkylation sites (N-methyl/N-ethyl adjacent to an activating group) is 1. The van der Waals surface area contributed by atoms with Crippen LogP contribution in [0.15, 0.2) is 48.5 Å². The van der Waals surface area contributed by atoms with Crippen molar-refractivity contribution in [2.75, 3.05) is 23.9 Å². The monoisotopic (exact) mass is 310 g/mol. The van der Waals surface area contributed by atoms with E-state index in [4.69, 9.17) is 4.74 Å². The number of carbonyl (C=O) groups excluding carboxylic acids is 2. The second-order valence-electron chi connectivity index (χ2n) is 5.43. The van der Waals surface area contributed by atoms with Crippen molar-refractivity contribution in [3.8, 4) is 5.75 Å². The average molecular weight is 310 g/mol. The zero-order chi connectivity index (χ0) is 16.2. The van der Waals surface area contributed by atoms with Crippen LogP contribution in [0.25, 0.3) is 0 Å². The van der Waals surface area contributed by atoms with Crippen LogP contribution in [-0.2, 0) is 16.0 Å². The van der Waals surface area contributed by atoms with Crippen molar-refractivity contribution in [2.45, 2.75) is 12.8 Å². The topological polar surface area (TPSA) is 58.6 Å². The van der Waals surface area contributed by atoms with Gasteiger partial charge in [0, 0.05) is 18.4 Å². The number of carbonyl (C=O) groups is 2. The fourth-order valence-electron chi connectivity index (χ4n) is 2.55. The number of para-hydroxylation sites is 1. The summed E-state index contributed by atoms with van der Waals surface area (Å²) in [5, 5.41) is 2.84. The van der Waals surface area contributed by atoms with Gasteiger partial charge in [-0.1, -0.05) is 18.2 Å². The molecule has 1 N–H and O–H groups in total. The Morgan fingerprint density at radius 3 is 2.78 bits per heavy atom. The zero-order valence-electron chi connectivity index (χ0n) is 12.9. The Bertz CT molecular complexity index is 728. The molecule has 3 rings (SSSR count). The Labute approximate surface area is 134 Å². The lowest BCUT2D eigenvalue weighted by Gasteiger charge is -2.11.